The van der Waals surface area contributed by atoms with Crippen LogP contribution in [0.25, 0.3) is 0 Å². The second-order valence-electron chi connectivity index (χ2n) is 6.31. The quantitative estimate of drug-likeness (QED) is 0.383. The fourth-order valence-electron chi connectivity index (χ4n) is 2.74. The molecule has 0 heterocycles. The van der Waals surface area contributed by atoms with Gasteiger partial charge in [-0.15, -0.1) is 0 Å². The predicted octanol–water partition coefficient (Wildman–Crippen LogP) is 4.67. The number of nitrogens with two attached hydrogens (primary N) is 2. The van der Waals surface area contributed by atoms with Crippen LogP contribution < -0.4 is 11.5 Å². The Morgan fingerprint density at radius 3 is 1.10 bits per heavy atom. The third kappa shape index (κ3) is 19.4. The van der Waals surface area contributed by atoms with E-state index in [1.165, 1.54) is 83.5 Å². The highest BCUT2D eigenvalue weighted by Crippen LogP contribution is 2.13. The maximum Gasteiger partial charge on any atom is 0.217 e. The van der Waals surface area contributed by atoms with Crippen molar-refractivity contribution in [2.45, 2.75) is 103 Å². The van der Waals surface area contributed by atoms with Gasteiger partial charge in [0.1, 0.15) is 0 Å². The zero-order chi connectivity index (χ0) is 15.6. The molecule has 1 amide bonds. The number of hydrogen-bond donors (Lipinski definition) is 2. The molecule has 0 aliphatic carbocycles. The van der Waals surface area contributed by atoms with Crippen molar-refractivity contribution in [3.63, 3.8) is 0 Å². The van der Waals surface area contributed by atoms with Crippen molar-refractivity contribution < 1.29 is 4.79 Å². The Bertz CT molecular complexity index is 219. The van der Waals surface area contributed by atoms with Crippen molar-refractivity contribution in [2.24, 2.45) is 11.5 Å². The van der Waals surface area contributed by atoms with Crippen molar-refractivity contribution in [3.05, 3.63) is 0 Å². The molecule has 0 aliphatic heterocycles. The zero-order valence-electron chi connectivity index (χ0n) is 14.1. The summed E-state index contributed by atoms with van der Waals surface area (Å²) in [5.74, 6) is -0.158. The summed E-state index contributed by atoms with van der Waals surface area (Å²) in [4.78, 5) is 10.6. The number of amides is 1. The van der Waals surface area contributed by atoms with Gasteiger partial charge in [0.25, 0.3) is 0 Å². The van der Waals surface area contributed by atoms with E-state index in [2.05, 4.69) is 0 Å². The monoisotopic (exact) mass is 298 g/mol. The van der Waals surface area contributed by atoms with Gasteiger partial charge in [-0.25, -0.2) is 0 Å². The number of carbonyl (C=O) groups is 1. The fourth-order valence-corrected chi connectivity index (χ4v) is 2.74. The first-order valence-electron chi connectivity index (χ1n) is 9.25. The molecule has 0 unspecified atom stereocenters. The molecule has 0 aromatic rings. The minimum absolute atomic E-state index is 0.158. The highest BCUT2D eigenvalue weighted by molar-refractivity contribution is 5.73. The number of primary amides is 1. The first-order chi connectivity index (χ1) is 10.3. The van der Waals surface area contributed by atoms with E-state index in [0.29, 0.717) is 6.42 Å². The average Bonchev–Trinajstić information content (AvgIpc) is 2.46. The summed E-state index contributed by atoms with van der Waals surface area (Å²) in [6, 6.07) is 0. The molecule has 3 heteroatoms. The number of unbranched alkanes of at least 4 members (excludes halogenated alkanes) is 14. The Balaban J connectivity index is 2.95. The van der Waals surface area contributed by atoms with E-state index < -0.39 is 0 Å². The molecule has 0 atom stereocenters. The topological polar surface area (TPSA) is 69.1 Å². The summed E-state index contributed by atoms with van der Waals surface area (Å²) in [6.07, 6.45) is 20.3. The van der Waals surface area contributed by atoms with Crippen molar-refractivity contribution >= 4 is 5.91 Å². The summed E-state index contributed by atoms with van der Waals surface area (Å²) in [5.41, 5.74) is 10.6. The summed E-state index contributed by atoms with van der Waals surface area (Å²) in [5, 5.41) is 0. The third-order valence-corrected chi connectivity index (χ3v) is 4.13. The molecule has 3 nitrogen and oxygen atoms in total. The molecule has 0 aromatic carbocycles. The number of carbonyl (C=O) groups excluding carboxylic acids is 1. The Labute approximate surface area is 132 Å². The van der Waals surface area contributed by atoms with Crippen molar-refractivity contribution in [3.8, 4) is 0 Å². The Morgan fingerprint density at radius 1 is 0.524 bits per heavy atom. The molecule has 21 heavy (non-hydrogen) atoms. The van der Waals surface area contributed by atoms with Crippen LogP contribution in [-0.4, -0.2) is 12.5 Å². The summed E-state index contributed by atoms with van der Waals surface area (Å²) < 4.78 is 0. The molecule has 0 bridgehead atoms. The van der Waals surface area contributed by atoms with E-state index in [1.807, 2.05) is 0 Å². The van der Waals surface area contributed by atoms with E-state index in [0.717, 1.165) is 19.4 Å². The van der Waals surface area contributed by atoms with Crippen molar-refractivity contribution in [1.82, 2.24) is 0 Å². The standard InChI is InChI=1S/C18H38N2O/c19-17-15-13-11-9-7-5-3-1-2-4-6-8-10-12-14-16-18(20)21/h1-17,19H2,(H2,20,21). The lowest BCUT2D eigenvalue weighted by Gasteiger charge is -2.03. The second-order valence-corrected chi connectivity index (χ2v) is 6.31. The van der Waals surface area contributed by atoms with Crippen LogP contribution in [0.1, 0.15) is 103 Å². The van der Waals surface area contributed by atoms with Crippen LogP contribution in [0.5, 0.6) is 0 Å². The van der Waals surface area contributed by atoms with E-state index in [9.17, 15) is 4.79 Å². The van der Waals surface area contributed by atoms with E-state index in [4.69, 9.17) is 11.5 Å². The Hall–Kier alpha value is -0.570. The zero-order valence-corrected chi connectivity index (χ0v) is 14.1. The lowest BCUT2D eigenvalue weighted by Crippen LogP contribution is -2.09. The van der Waals surface area contributed by atoms with E-state index in [-0.39, 0.29) is 5.91 Å². The smallest absolute Gasteiger partial charge is 0.217 e. The summed E-state index contributed by atoms with van der Waals surface area (Å²) in [6.45, 7) is 0.852. The van der Waals surface area contributed by atoms with Gasteiger partial charge in [-0.1, -0.05) is 83.5 Å². The van der Waals surface area contributed by atoms with Gasteiger partial charge in [0.15, 0.2) is 0 Å². The second kappa shape index (κ2) is 17.5. The van der Waals surface area contributed by atoms with Crippen molar-refractivity contribution in [1.29, 1.82) is 0 Å². The first kappa shape index (κ1) is 20.4. The van der Waals surface area contributed by atoms with Crippen LogP contribution in [0.2, 0.25) is 0 Å². The van der Waals surface area contributed by atoms with Gasteiger partial charge in [-0.05, 0) is 19.4 Å². The molecule has 0 rings (SSSR count). The van der Waals surface area contributed by atoms with Gasteiger partial charge < -0.3 is 11.5 Å². The van der Waals surface area contributed by atoms with Crippen LogP contribution >= 0.6 is 0 Å². The molecule has 0 fully saturated rings. The fraction of sp³-hybridized carbons (Fsp3) is 0.944. The van der Waals surface area contributed by atoms with Gasteiger partial charge in [0.05, 0.1) is 0 Å². The van der Waals surface area contributed by atoms with Crippen LogP contribution in [0, 0.1) is 0 Å². The lowest BCUT2D eigenvalue weighted by molar-refractivity contribution is -0.118. The molecule has 0 aliphatic rings. The molecule has 4 N–H and O–H groups in total. The van der Waals surface area contributed by atoms with Gasteiger partial charge in [0.2, 0.25) is 5.91 Å². The van der Waals surface area contributed by atoms with Crippen LogP contribution in [0.4, 0.5) is 0 Å². The highest BCUT2D eigenvalue weighted by Gasteiger charge is 1.96. The molecule has 126 valence electrons. The highest BCUT2D eigenvalue weighted by atomic mass is 16.1. The number of rotatable bonds is 17. The average molecular weight is 299 g/mol. The minimum Gasteiger partial charge on any atom is -0.370 e. The molecule has 0 spiro atoms. The van der Waals surface area contributed by atoms with Gasteiger partial charge in [0, 0.05) is 6.42 Å². The maximum atomic E-state index is 10.6. The van der Waals surface area contributed by atoms with Crippen LogP contribution in [0.3, 0.4) is 0 Å². The normalized spacial score (nSPS) is 10.9. The summed E-state index contributed by atoms with van der Waals surface area (Å²) in [7, 11) is 0. The Morgan fingerprint density at radius 2 is 0.810 bits per heavy atom. The van der Waals surface area contributed by atoms with Gasteiger partial charge in [-0.2, -0.15) is 0 Å². The van der Waals surface area contributed by atoms with E-state index in [1.54, 1.807) is 0 Å². The maximum absolute atomic E-state index is 10.6. The van der Waals surface area contributed by atoms with Gasteiger partial charge >= 0.3 is 0 Å². The minimum atomic E-state index is -0.158. The summed E-state index contributed by atoms with van der Waals surface area (Å²) >= 11 is 0. The van der Waals surface area contributed by atoms with Gasteiger partial charge in [-0.3, -0.25) is 4.79 Å². The SMILES string of the molecule is NCCCCCCCCCCCCCCCCCC(N)=O. The molecule has 0 radical (unpaired) electrons. The van der Waals surface area contributed by atoms with E-state index >= 15 is 0 Å². The first-order valence-corrected chi connectivity index (χ1v) is 9.25. The van der Waals surface area contributed by atoms with Crippen LogP contribution in [-0.2, 0) is 4.79 Å². The number of hydrogen-bond acceptors (Lipinski definition) is 2. The lowest BCUT2D eigenvalue weighted by atomic mass is 10.0. The largest absolute Gasteiger partial charge is 0.370 e. The Kier molecular flexibility index (Phi) is 17.0. The molecule has 0 aromatic heterocycles. The van der Waals surface area contributed by atoms with Crippen LogP contribution in [0.15, 0.2) is 0 Å². The molecule has 0 saturated heterocycles. The van der Waals surface area contributed by atoms with Crippen molar-refractivity contribution in [2.75, 3.05) is 6.54 Å². The molecular formula is C18H38N2O. The predicted molar refractivity (Wildman–Crippen MR) is 92.1 cm³/mol. The molecule has 0 saturated carbocycles. The third-order valence-electron chi connectivity index (χ3n) is 4.13. The molecular weight excluding hydrogens is 260 g/mol.